The molecule has 0 radical (unpaired) electrons. The van der Waals surface area contributed by atoms with Crippen LogP contribution in [0.5, 0.6) is 0 Å². The molecule has 1 aliphatic heterocycles. The van der Waals surface area contributed by atoms with Crippen LogP contribution in [0.3, 0.4) is 0 Å². The molecule has 1 aromatic heterocycles. The molecule has 0 spiro atoms. The predicted octanol–water partition coefficient (Wildman–Crippen LogP) is 1.67. The predicted molar refractivity (Wildman–Crippen MR) is 102 cm³/mol. The first-order chi connectivity index (χ1) is 12.6. The van der Waals surface area contributed by atoms with Gasteiger partial charge in [0.15, 0.2) is 4.90 Å². The van der Waals surface area contributed by atoms with Gasteiger partial charge in [-0.1, -0.05) is 0 Å². The number of carbonyl (C=O) groups is 1. The fourth-order valence-corrected chi connectivity index (χ4v) is 3.78. The second-order valence-corrected chi connectivity index (χ2v) is 7.66. The molecule has 1 unspecified atom stereocenters. The molecule has 0 aliphatic carbocycles. The van der Waals surface area contributed by atoms with Crippen LogP contribution < -0.4 is 10.6 Å². The summed E-state index contributed by atoms with van der Waals surface area (Å²) in [6.45, 7) is 3.85. The van der Waals surface area contributed by atoms with Crippen LogP contribution in [0.4, 0.5) is 10.5 Å². The van der Waals surface area contributed by atoms with Crippen LogP contribution >= 0.6 is 0 Å². The lowest BCUT2D eigenvalue weighted by atomic mass is 10.3. The van der Waals surface area contributed by atoms with Gasteiger partial charge in [-0.05, 0) is 49.0 Å². The van der Waals surface area contributed by atoms with Gasteiger partial charge < -0.3 is 20.1 Å². The number of nitrogens with one attached hydrogen (secondary N) is 2. The molecule has 1 atom stereocenters. The van der Waals surface area contributed by atoms with Crippen molar-refractivity contribution in [3.8, 4) is 0 Å². The smallest absolute Gasteiger partial charge is 0.319 e. The van der Waals surface area contributed by atoms with Gasteiger partial charge in [0, 0.05) is 37.7 Å². The number of anilines is 1. The quantitative estimate of drug-likeness (QED) is 0.779. The number of amides is 2. The molecule has 26 heavy (non-hydrogen) atoms. The molecule has 1 fully saturated rings. The first kappa shape index (κ1) is 18.7. The summed E-state index contributed by atoms with van der Waals surface area (Å²) < 4.78 is 14.6. The zero-order valence-corrected chi connectivity index (χ0v) is 15.5. The molecule has 1 aliphatic rings. The number of piperazine rings is 1. The van der Waals surface area contributed by atoms with E-state index in [1.165, 1.54) is 0 Å². The number of hydrogen-bond donors (Lipinski definition) is 2. The Labute approximate surface area is 156 Å². The minimum absolute atomic E-state index is 0.283. The Balaban J connectivity index is 1.50. The van der Waals surface area contributed by atoms with Crippen molar-refractivity contribution in [2.24, 2.45) is 0 Å². The molecule has 1 saturated heterocycles. The maximum atomic E-state index is 12.6. The zero-order valence-electron chi connectivity index (χ0n) is 14.7. The van der Waals surface area contributed by atoms with Crippen molar-refractivity contribution in [1.82, 2.24) is 19.5 Å². The Kier molecular flexibility index (Phi) is 6.45. The first-order valence-corrected chi connectivity index (χ1v) is 9.62. The number of rotatable bonds is 5. The van der Waals surface area contributed by atoms with Crippen LogP contribution in [0.15, 0.2) is 53.7 Å². The van der Waals surface area contributed by atoms with E-state index in [-0.39, 0.29) is 6.03 Å². The molecule has 2 aromatic rings. The van der Waals surface area contributed by atoms with Gasteiger partial charge in [0.1, 0.15) is 0 Å². The molecule has 7 nitrogen and oxygen atoms in total. The lowest BCUT2D eigenvalue weighted by Crippen LogP contribution is -2.47. The Morgan fingerprint density at radius 3 is 2.42 bits per heavy atom. The second-order valence-electron chi connectivity index (χ2n) is 6.17. The second kappa shape index (κ2) is 9.00. The average Bonchev–Trinajstić information content (AvgIpc) is 2.68. The summed E-state index contributed by atoms with van der Waals surface area (Å²) >= 11 is -1.16. The van der Waals surface area contributed by atoms with Crippen molar-refractivity contribution in [3.63, 3.8) is 0 Å². The summed E-state index contributed by atoms with van der Waals surface area (Å²) in [6.07, 6.45) is 3.38. The van der Waals surface area contributed by atoms with Crippen LogP contribution in [0.2, 0.25) is 0 Å². The monoisotopic (exact) mass is 373 g/mol. The topological polar surface area (TPSA) is 83.6 Å². The van der Waals surface area contributed by atoms with Crippen molar-refractivity contribution < 1.29 is 9.35 Å². The van der Waals surface area contributed by atoms with E-state index in [0.717, 1.165) is 36.6 Å². The van der Waals surface area contributed by atoms with Gasteiger partial charge in [-0.2, -0.15) is 0 Å². The summed E-state index contributed by atoms with van der Waals surface area (Å²) in [5, 5.41) is 5.57. The summed E-state index contributed by atoms with van der Waals surface area (Å²) in [5.74, 6) is 0. The molecule has 3 rings (SSSR count). The number of aromatic nitrogens is 1. The Morgan fingerprint density at radius 1 is 1.12 bits per heavy atom. The van der Waals surface area contributed by atoms with E-state index in [4.69, 9.17) is 0 Å². The lowest BCUT2D eigenvalue weighted by molar-refractivity contribution is 0.222. The van der Waals surface area contributed by atoms with Crippen molar-refractivity contribution >= 4 is 23.1 Å². The highest BCUT2D eigenvalue weighted by Gasteiger charge is 2.26. The van der Waals surface area contributed by atoms with Gasteiger partial charge >= 0.3 is 6.03 Å². The third kappa shape index (κ3) is 5.18. The van der Waals surface area contributed by atoms with E-state index in [1.807, 2.05) is 16.4 Å². The number of likely N-dealkylation sites (N-methyl/N-ethyl adjacent to an activating group) is 1. The van der Waals surface area contributed by atoms with Gasteiger partial charge in [-0.25, -0.2) is 4.79 Å². The Morgan fingerprint density at radius 2 is 1.77 bits per heavy atom. The summed E-state index contributed by atoms with van der Waals surface area (Å²) in [5.41, 5.74) is 1.64. The van der Waals surface area contributed by atoms with Gasteiger partial charge in [0.05, 0.1) is 24.5 Å². The van der Waals surface area contributed by atoms with Gasteiger partial charge in [-0.15, -0.1) is 4.31 Å². The molecule has 2 N–H and O–H groups in total. The first-order valence-electron chi connectivity index (χ1n) is 8.51. The zero-order chi connectivity index (χ0) is 18.4. The number of hydrogen-bond acceptors (Lipinski definition) is 5. The largest absolute Gasteiger partial charge is 0.593 e. The molecular formula is C18H23N5O2S. The average molecular weight is 373 g/mol. The van der Waals surface area contributed by atoms with E-state index in [9.17, 15) is 9.35 Å². The fourth-order valence-electron chi connectivity index (χ4n) is 2.62. The van der Waals surface area contributed by atoms with Crippen molar-refractivity contribution in [2.75, 3.05) is 38.5 Å². The van der Waals surface area contributed by atoms with E-state index < -0.39 is 11.4 Å². The van der Waals surface area contributed by atoms with Crippen LogP contribution in [-0.4, -0.2) is 58.0 Å². The SMILES string of the molecule is CN1CCN([S+]([O-])c2ccc(NC(=O)NCc3ccncc3)cc2)CC1. The molecule has 8 heteroatoms. The molecular weight excluding hydrogens is 350 g/mol. The maximum absolute atomic E-state index is 12.6. The number of pyridine rings is 1. The highest BCUT2D eigenvalue weighted by molar-refractivity contribution is 7.89. The number of carbonyl (C=O) groups excluding carboxylic acids is 1. The van der Waals surface area contributed by atoms with Gasteiger partial charge in [0.2, 0.25) is 0 Å². The maximum Gasteiger partial charge on any atom is 0.319 e. The highest BCUT2D eigenvalue weighted by Crippen LogP contribution is 2.19. The van der Waals surface area contributed by atoms with E-state index >= 15 is 0 Å². The van der Waals surface area contributed by atoms with Gasteiger partial charge in [-0.3, -0.25) is 4.98 Å². The molecule has 0 saturated carbocycles. The fraction of sp³-hybridized carbons (Fsp3) is 0.333. The van der Waals surface area contributed by atoms with Crippen LogP contribution in [-0.2, 0) is 17.9 Å². The number of benzene rings is 1. The minimum atomic E-state index is -1.16. The van der Waals surface area contributed by atoms with Crippen LogP contribution in [0, 0.1) is 0 Å². The van der Waals surface area contributed by atoms with E-state index in [1.54, 1.807) is 36.7 Å². The minimum Gasteiger partial charge on any atom is -0.593 e. The van der Waals surface area contributed by atoms with E-state index in [2.05, 4.69) is 27.6 Å². The summed E-state index contributed by atoms with van der Waals surface area (Å²) in [4.78, 5) is 18.9. The Bertz CT molecular complexity index is 705. The van der Waals surface area contributed by atoms with Gasteiger partial charge in [0.25, 0.3) is 0 Å². The highest BCUT2D eigenvalue weighted by atomic mass is 32.2. The van der Waals surface area contributed by atoms with Crippen molar-refractivity contribution in [3.05, 3.63) is 54.4 Å². The van der Waals surface area contributed by atoms with Crippen molar-refractivity contribution in [1.29, 1.82) is 0 Å². The van der Waals surface area contributed by atoms with Crippen molar-refractivity contribution in [2.45, 2.75) is 11.4 Å². The molecule has 2 heterocycles. The third-order valence-corrected chi connectivity index (χ3v) is 5.72. The molecule has 0 bridgehead atoms. The Hall–Kier alpha value is -2.13. The molecule has 2 amide bonds. The van der Waals surface area contributed by atoms with Crippen LogP contribution in [0.25, 0.3) is 0 Å². The lowest BCUT2D eigenvalue weighted by Gasteiger charge is -2.31. The van der Waals surface area contributed by atoms with Crippen LogP contribution in [0.1, 0.15) is 5.56 Å². The summed E-state index contributed by atoms with van der Waals surface area (Å²) in [7, 11) is 2.07. The molecule has 1 aromatic carbocycles. The standard InChI is InChI=1S/C18H23N5O2S/c1-22-10-12-23(13-11-22)26(25)17-4-2-16(3-5-17)21-18(24)20-14-15-6-8-19-9-7-15/h2-9H,10-14H2,1H3,(H2,20,21,24). The summed E-state index contributed by atoms with van der Waals surface area (Å²) in [6, 6.07) is 10.6. The number of nitrogens with zero attached hydrogens (tertiary/aromatic N) is 3. The number of urea groups is 1. The van der Waals surface area contributed by atoms with E-state index in [0.29, 0.717) is 12.2 Å². The molecule has 138 valence electrons. The normalized spacial score (nSPS) is 16.8. The third-order valence-electron chi connectivity index (χ3n) is 4.21.